The Hall–Kier alpha value is -2.91. The summed E-state index contributed by atoms with van der Waals surface area (Å²) in [6.07, 6.45) is 0. The van der Waals surface area contributed by atoms with E-state index in [0.29, 0.717) is 11.6 Å². The maximum absolute atomic E-state index is 6.26. The third-order valence-corrected chi connectivity index (χ3v) is 4.56. The number of benzene rings is 3. The van der Waals surface area contributed by atoms with E-state index < -0.39 is 0 Å². The molecule has 3 nitrogen and oxygen atoms in total. The van der Waals surface area contributed by atoms with Crippen molar-refractivity contribution in [3.8, 4) is 0 Å². The topological polar surface area (TPSA) is 36.8 Å². The van der Waals surface area contributed by atoms with Crippen LogP contribution < -0.4 is 5.32 Å². The van der Waals surface area contributed by atoms with Gasteiger partial charge in [0, 0.05) is 21.8 Å². The van der Waals surface area contributed by atoms with Gasteiger partial charge in [0.2, 0.25) is 0 Å². The van der Waals surface area contributed by atoms with Crippen molar-refractivity contribution >= 4 is 34.5 Å². The summed E-state index contributed by atoms with van der Waals surface area (Å²) < 4.78 is 0. The number of nitrogens with one attached hydrogen (secondary N) is 1. The monoisotopic (exact) mass is 359 g/mol. The molecule has 1 N–H and O–H groups in total. The maximum atomic E-state index is 6.26. The van der Waals surface area contributed by atoms with Crippen molar-refractivity contribution in [3.63, 3.8) is 0 Å². The molecule has 0 atom stereocenters. The summed E-state index contributed by atoms with van der Waals surface area (Å²) in [7, 11) is 0. The van der Waals surface area contributed by atoms with Crippen molar-refractivity contribution in [2.45, 2.75) is 6.92 Å². The molecule has 0 saturated heterocycles. The van der Waals surface area contributed by atoms with Crippen LogP contribution in [0.1, 0.15) is 16.7 Å². The number of halogens is 1. The number of benzodiazepines with no additional fused rings is 1. The van der Waals surface area contributed by atoms with E-state index in [1.807, 2.05) is 54.6 Å². The molecule has 0 aromatic heterocycles. The van der Waals surface area contributed by atoms with E-state index in [-0.39, 0.29) is 0 Å². The van der Waals surface area contributed by atoms with Crippen LogP contribution in [0.15, 0.2) is 82.8 Å². The van der Waals surface area contributed by atoms with Gasteiger partial charge in [-0.2, -0.15) is 0 Å². The minimum Gasteiger partial charge on any atom is -0.342 e. The number of aryl methyl sites for hydroxylation is 1. The van der Waals surface area contributed by atoms with Crippen molar-refractivity contribution in [2.24, 2.45) is 9.98 Å². The molecular weight excluding hydrogens is 342 g/mol. The molecule has 0 saturated carbocycles. The molecule has 1 heterocycles. The molecule has 0 bridgehead atoms. The molecule has 26 heavy (non-hydrogen) atoms. The summed E-state index contributed by atoms with van der Waals surface area (Å²) in [5.41, 5.74) is 6.01. The fourth-order valence-corrected chi connectivity index (χ4v) is 3.17. The first-order chi connectivity index (χ1) is 12.7. The molecule has 0 unspecified atom stereocenters. The second kappa shape index (κ2) is 7.14. The zero-order chi connectivity index (χ0) is 17.9. The zero-order valence-corrected chi connectivity index (χ0v) is 15.2. The van der Waals surface area contributed by atoms with Crippen LogP contribution in [0, 0.1) is 6.92 Å². The number of fused-ring (bicyclic) bond motifs is 1. The van der Waals surface area contributed by atoms with Gasteiger partial charge in [0.15, 0.2) is 0 Å². The quantitative estimate of drug-likeness (QED) is 0.631. The van der Waals surface area contributed by atoms with E-state index in [1.54, 1.807) is 0 Å². The zero-order valence-electron chi connectivity index (χ0n) is 14.4. The average molecular weight is 360 g/mol. The number of hydrogen-bond acceptors (Lipinski definition) is 2. The highest BCUT2D eigenvalue weighted by molar-refractivity contribution is 6.32. The van der Waals surface area contributed by atoms with Gasteiger partial charge in [0.1, 0.15) is 5.84 Å². The third kappa shape index (κ3) is 3.39. The Bertz CT molecular complexity index is 1010. The second-order valence-corrected chi connectivity index (χ2v) is 6.63. The molecule has 1 aliphatic heterocycles. The molecule has 1 aliphatic rings. The van der Waals surface area contributed by atoms with Crippen molar-refractivity contribution in [1.82, 2.24) is 0 Å². The molecule has 0 aliphatic carbocycles. The molecule has 4 heteroatoms. The molecule has 0 fully saturated rings. The van der Waals surface area contributed by atoms with Crippen LogP contribution in [0.3, 0.4) is 0 Å². The van der Waals surface area contributed by atoms with Gasteiger partial charge in [-0.05, 0) is 36.8 Å². The van der Waals surface area contributed by atoms with Crippen LogP contribution in [0.4, 0.5) is 11.4 Å². The van der Waals surface area contributed by atoms with E-state index in [1.165, 1.54) is 0 Å². The predicted molar refractivity (Wildman–Crippen MR) is 110 cm³/mol. The Labute approximate surface area is 158 Å². The van der Waals surface area contributed by atoms with Gasteiger partial charge in [-0.1, -0.05) is 60.1 Å². The summed E-state index contributed by atoms with van der Waals surface area (Å²) in [5, 5.41) is 4.13. The minimum atomic E-state index is 0.477. The smallest absolute Gasteiger partial charge is 0.128 e. The van der Waals surface area contributed by atoms with Crippen LogP contribution >= 0.6 is 11.6 Å². The van der Waals surface area contributed by atoms with Crippen LogP contribution in [0.2, 0.25) is 5.02 Å². The fourth-order valence-electron chi connectivity index (χ4n) is 3.00. The Kier molecular flexibility index (Phi) is 4.55. The minimum absolute atomic E-state index is 0.477. The second-order valence-electron chi connectivity index (χ2n) is 6.19. The number of nitrogens with zero attached hydrogens (tertiary/aromatic N) is 2. The fraction of sp³-hybridized carbons (Fsp3) is 0.0909. The van der Waals surface area contributed by atoms with Crippen LogP contribution in [0.5, 0.6) is 0 Å². The SMILES string of the molecule is Cc1ccccc1N=C1CN=C(c2ccccc2)c2cc(Cl)ccc2N1. The summed E-state index contributed by atoms with van der Waals surface area (Å²) in [5.74, 6) is 0.814. The normalized spacial score (nSPS) is 15.0. The van der Waals surface area contributed by atoms with Crippen LogP contribution in [-0.2, 0) is 0 Å². The first-order valence-corrected chi connectivity index (χ1v) is 8.88. The van der Waals surface area contributed by atoms with Gasteiger partial charge < -0.3 is 5.32 Å². The number of rotatable bonds is 2. The van der Waals surface area contributed by atoms with Gasteiger partial charge in [-0.25, -0.2) is 4.99 Å². The van der Waals surface area contributed by atoms with Gasteiger partial charge in [-0.15, -0.1) is 0 Å². The summed E-state index contributed by atoms with van der Waals surface area (Å²) in [6.45, 7) is 2.54. The number of aliphatic imine (C=N–C) groups is 2. The third-order valence-electron chi connectivity index (χ3n) is 4.32. The number of hydrogen-bond donors (Lipinski definition) is 1. The highest BCUT2D eigenvalue weighted by atomic mass is 35.5. The van der Waals surface area contributed by atoms with Gasteiger partial charge in [0.05, 0.1) is 17.9 Å². The molecule has 0 spiro atoms. The summed E-state index contributed by atoms with van der Waals surface area (Å²) >= 11 is 6.26. The largest absolute Gasteiger partial charge is 0.342 e. The Morgan fingerprint density at radius 3 is 2.54 bits per heavy atom. The maximum Gasteiger partial charge on any atom is 0.128 e. The van der Waals surface area contributed by atoms with Crippen molar-refractivity contribution in [3.05, 3.63) is 94.5 Å². The van der Waals surface area contributed by atoms with E-state index in [0.717, 1.165) is 39.6 Å². The lowest BCUT2D eigenvalue weighted by Crippen LogP contribution is -2.14. The summed E-state index contributed by atoms with van der Waals surface area (Å²) in [4.78, 5) is 9.64. The number of para-hydroxylation sites is 1. The van der Waals surface area contributed by atoms with Gasteiger partial charge in [-0.3, -0.25) is 4.99 Å². The number of anilines is 1. The average Bonchev–Trinajstić information content (AvgIpc) is 2.83. The lowest BCUT2D eigenvalue weighted by Gasteiger charge is -2.11. The van der Waals surface area contributed by atoms with E-state index in [4.69, 9.17) is 21.6 Å². The molecule has 0 amide bonds. The van der Waals surface area contributed by atoms with E-state index >= 15 is 0 Å². The Balaban J connectivity index is 1.82. The first kappa shape index (κ1) is 16.6. The van der Waals surface area contributed by atoms with Crippen molar-refractivity contribution in [1.29, 1.82) is 0 Å². The van der Waals surface area contributed by atoms with Gasteiger partial charge in [0.25, 0.3) is 0 Å². The van der Waals surface area contributed by atoms with Crippen molar-refractivity contribution < 1.29 is 0 Å². The Morgan fingerprint density at radius 2 is 1.73 bits per heavy atom. The highest BCUT2D eigenvalue weighted by Gasteiger charge is 2.17. The molecular formula is C22H18ClN3. The first-order valence-electron chi connectivity index (χ1n) is 8.51. The molecule has 0 radical (unpaired) electrons. The molecule has 128 valence electrons. The van der Waals surface area contributed by atoms with Crippen molar-refractivity contribution in [2.75, 3.05) is 11.9 Å². The lowest BCUT2D eigenvalue weighted by molar-refractivity contribution is 1.27. The van der Waals surface area contributed by atoms with E-state index in [9.17, 15) is 0 Å². The van der Waals surface area contributed by atoms with E-state index in [2.05, 4.69) is 30.4 Å². The standard InChI is InChI=1S/C22H18ClN3/c1-15-7-5-6-10-19(15)25-21-14-24-22(16-8-3-2-4-9-16)18-13-17(23)11-12-20(18)26-21/h2-13H,14H2,1H3,(H,25,26). The predicted octanol–water partition coefficient (Wildman–Crippen LogP) is 5.64. The van der Waals surface area contributed by atoms with Crippen LogP contribution in [-0.4, -0.2) is 18.1 Å². The highest BCUT2D eigenvalue weighted by Crippen LogP contribution is 2.27. The van der Waals surface area contributed by atoms with Crippen LogP contribution in [0.25, 0.3) is 0 Å². The molecule has 3 aromatic rings. The van der Waals surface area contributed by atoms with Gasteiger partial charge >= 0.3 is 0 Å². The lowest BCUT2D eigenvalue weighted by atomic mass is 10.0. The Morgan fingerprint density at radius 1 is 0.962 bits per heavy atom. The summed E-state index contributed by atoms with van der Waals surface area (Å²) in [6, 6.07) is 24.1. The molecule has 4 rings (SSSR count). The molecule has 3 aromatic carbocycles. The number of amidine groups is 1.